The van der Waals surface area contributed by atoms with E-state index in [0.717, 1.165) is 25.7 Å². The number of hydrogen-bond donors (Lipinski definition) is 2. The van der Waals surface area contributed by atoms with Crippen molar-refractivity contribution < 1.29 is 24.9 Å². The van der Waals surface area contributed by atoms with Gasteiger partial charge in [0, 0.05) is 22.7 Å². The minimum absolute atomic E-state index is 0.0191. The van der Waals surface area contributed by atoms with Gasteiger partial charge in [-0.05, 0) is 32.1 Å². The van der Waals surface area contributed by atoms with Gasteiger partial charge in [0.1, 0.15) is 12.2 Å². The van der Waals surface area contributed by atoms with Crippen LogP contribution in [0.25, 0.3) is 0 Å². The highest BCUT2D eigenvalue weighted by Gasteiger charge is 2.38. The summed E-state index contributed by atoms with van der Waals surface area (Å²) in [7, 11) is 0. The highest BCUT2D eigenvalue weighted by atomic mass is 16.6. The van der Waals surface area contributed by atoms with Crippen molar-refractivity contribution in [2.45, 2.75) is 95.4 Å². The highest BCUT2D eigenvalue weighted by Crippen LogP contribution is 2.18. The maximum atomic E-state index is 11.3. The third-order valence-corrected chi connectivity index (χ3v) is 4.65. The monoisotopic (exact) mass is 413 g/mol. The molecule has 0 aliphatic heterocycles. The Hall–Kier alpha value is -2.13. The number of carbonyl (C=O) groups excluding carboxylic acids is 1. The molecule has 0 aromatic heterocycles. The zero-order valence-corrected chi connectivity index (χ0v) is 17.0. The van der Waals surface area contributed by atoms with Crippen LogP contribution < -0.4 is 0 Å². The SMILES string of the molecule is CCCCCC(C(O)CC(C(O)C/C=C\C/C=C\CCC[C]=O)[N+](=O)[O-])[N+](=O)[O-]. The van der Waals surface area contributed by atoms with Crippen LogP contribution in [0.15, 0.2) is 24.3 Å². The summed E-state index contributed by atoms with van der Waals surface area (Å²) >= 11 is 0. The Balaban J connectivity index is 4.58. The predicted octanol–water partition coefficient (Wildman–Crippen LogP) is 3.14. The van der Waals surface area contributed by atoms with Crippen molar-refractivity contribution in [2.75, 3.05) is 0 Å². The second kappa shape index (κ2) is 16.8. The summed E-state index contributed by atoms with van der Waals surface area (Å²) in [6.45, 7) is 1.95. The molecule has 0 saturated heterocycles. The Morgan fingerprint density at radius 1 is 0.931 bits per heavy atom. The van der Waals surface area contributed by atoms with Gasteiger partial charge in [0.05, 0.1) is 6.42 Å². The molecule has 0 saturated carbocycles. The average molecular weight is 413 g/mol. The lowest BCUT2D eigenvalue weighted by atomic mass is 9.95. The molecule has 0 aromatic carbocycles. The van der Waals surface area contributed by atoms with E-state index in [-0.39, 0.29) is 12.8 Å². The molecule has 4 atom stereocenters. The number of unbranched alkanes of at least 4 members (excludes halogenated alkanes) is 4. The van der Waals surface area contributed by atoms with Crippen LogP contribution in [0.5, 0.6) is 0 Å². The van der Waals surface area contributed by atoms with Gasteiger partial charge in [-0.3, -0.25) is 25.0 Å². The van der Waals surface area contributed by atoms with Crippen LogP contribution >= 0.6 is 0 Å². The molecule has 0 aliphatic rings. The van der Waals surface area contributed by atoms with E-state index in [1.165, 1.54) is 0 Å². The molecule has 165 valence electrons. The number of rotatable bonds is 18. The first-order valence-electron chi connectivity index (χ1n) is 10.1. The number of hydrogen-bond acceptors (Lipinski definition) is 7. The fourth-order valence-corrected chi connectivity index (χ4v) is 2.90. The zero-order valence-electron chi connectivity index (χ0n) is 17.0. The van der Waals surface area contributed by atoms with Gasteiger partial charge < -0.3 is 10.2 Å². The maximum Gasteiger partial charge on any atom is 0.241 e. The number of allylic oxidation sites excluding steroid dienone is 3. The largest absolute Gasteiger partial charge is 0.386 e. The minimum atomic E-state index is -1.48. The van der Waals surface area contributed by atoms with Gasteiger partial charge >= 0.3 is 0 Å². The Bertz CT molecular complexity index is 537. The second-order valence-corrected chi connectivity index (χ2v) is 7.02. The van der Waals surface area contributed by atoms with Gasteiger partial charge in [-0.2, -0.15) is 0 Å². The second-order valence-electron chi connectivity index (χ2n) is 7.02. The molecular formula is C20H33N2O7. The fourth-order valence-electron chi connectivity index (χ4n) is 2.90. The molecule has 0 spiro atoms. The van der Waals surface area contributed by atoms with Gasteiger partial charge in [0.15, 0.2) is 6.29 Å². The predicted molar refractivity (Wildman–Crippen MR) is 109 cm³/mol. The van der Waals surface area contributed by atoms with Gasteiger partial charge in [-0.25, -0.2) is 0 Å². The summed E-state index contributed by atoms with van der Waals surface area (Å²) in [6.07, 6.45) is 10.6. The van der Waals surface area contributed by atoms with Crippen molar-refractivity contribution in [3.63, 3.8) is 0 Å². The zero-order chi connectivity index (χ0) is 22.1. The van der Waals surface area contributed by atoms with Crippen LogP contribution in [0.1, 0.15) is 71.1 Å². The first-order chi connectivity index (χ1) is 13.8. The van der Waals surface area contributed by atoms with Crippen molar-refractivity contribution in [1.82, 2.24) is 0 Å². The van der Waals surface area contributed by atoms with Crippen LogP contribution in [0, 0.1) is 20.2 Å². The van der Waals surface area contributed by atoms with Crippen molar-refractivity contribution in [1.29, 1.82) is 0 Å². The molecule has 1 radical (unpaired) electrons. The average Bonchev–Trinajstić information content (AvgIpc) is 2.67. The highest BCUT2D eigenvalue weighted by molar-refractivity contribution is 5.50. The molecule has 9 nitrogen and oxygen atoms in total. The first kappa shape index (κ1) is 26.9. The minimum Gasteiger partial charge on any atom is -0.386 e. The van der Waals surface area contributed by atoms with Crippen LogP contribution in [0.2, 0.25) is 0 Å². The van der Waals surface area contributed by atoms with E-state index < -0.39 is 40.6 Å². The molecule has 4 unspecified atom stereocenters. The Kier molecular flexibility index (Phi) is 15.6. The summed E-state index contributed by atoms with van der Waals surface area (Å²) in [4.78, 5) is 31.3. The number of aliphatic hydroxyl groups excluding tert-OH is 2. The van der Waals surface area contributed by atoms with Gasteiger partial charge in [-0.15, -0.1) is 0 Å². The smallest absolute Gasteiger partial charge is 0.241 e. The van der Waals surface area contributed by atoms with E-state index >= 15 is 0 Å². The molecule has 0 fully saturated rings. The summed E-state index contributed by atoms with van der Waals surface area (Å²) in [5.41, 5.74) is 0. The van der Waals surface area contributed by atoms with Gasteiger partial charge in [-0.1, -0.05) is 44.1 Å². The van der Waals surface area contributed by atoms with Crippen molar-refractivity contribution in [3.05, 3.63) is 44.5 Å². The number of nitrogens with zero attached hydrogens (tertiary/aromatic N) is 2. The van der Waals surface area contributed by atoms with E-state index in [4.69, 9.17) is 0 Å². The first-order valence-corrected chi connectivity index (χ1v) is 10.1. The van der Waals surface area contributed by atoms with Crippen molar-refractivity contribution in [2.24, 2.45) is 0 Å². The van der Waals surface area contributed by atoms with Crippen LogP contribution in [-0.2, 0) is 4.79 Å². The third-order valence-electron chi connectivity index (χ3n) is 4.65. The van der Waals surface area contributed by atoms with Gasteiger partial charge in [0.2, 0.25) is 12.1 Å². The van der Waals surface area contributed by atoms with Crippen LogP contribution in [0.3, 0.4) is 0 Å². The van der Waals surface area contributed by atoms with Gasteiger partial charge in [0.25, 0.3) is 0 Å². The summed E-state index contributed by atoms with van der Waals surface area (Å²) in [5.74, 6) is 0. The fraction of sp³-hybridized carbons (Fsp3) is 0.750. The third kappa shape index (κ3) is 12.8. The Morgan fingerprint density at radius 3 is 2.17 bits per heavy atom. The van der Waals surface area contributed by atoms with E-state index in [1.54, 1.807) is 12.2 Å². The Morgan fingerprint density at radius 2 is 1.59 bits per heavy atom. The van der Waals surface area contributed by atoms with E-state index in [0.29, 0.717) is 19.3 Å². The summed E-state index contributed by atoms with van der Waals surface area (Å²) < 4.78 is 0. The molecule has 0 aliphatic carbocycles. The van der Waals surface area contributed by atoms with E-state index in [1.807, 2.05) is 25.4 Å². The maximum absolute atomic E-state index is 11.3. The molecule has 2 N–H and O–H groups in total. The van der Waals surface area contributed by atoms with Crippen molar-refractivity contribution >= 4 is 6.29 Å². The van der Waals surface area contributed by atoms with E-state index in [2.05, 4.69) is 0 Å². The molecule has 0 bridgehead atoms. The molecule has 0 amide bonds. The molecule has 29 heavy (non-hydrogen) atoms. The summed E-state index contributed by atoms with van der Waals surface area (Å²) in [5, 5.41) is 42.8. The quantitative estimate of drug-likeness (QED) is 0.152. The van der Waals surface area contributed by atoms with E-state index in [9.17, 15) is 35.2 Å². The molecule has 0 rings (SSSR count). The summed E-state index contributed by atoms with van der Waals surface area (Å²) in [6, 6.07) is -2.74. The standard InChI is InChI=1S/C20H33N2O7/c1-2-3-10-13-17(21(26)27)20(25)16-18(22(28)29)19(24)14-11-8-6-4-5-7-9-12-15-23/h4-5,8,11,17-20,24-25H,2-3,6-7,9-10,12-14,16H2,1H3/b5-4-,11-8-. The van der Waals surface area contributed by atoms with Crippen LogP contribution in [0.4, 0.5) is 0 Å². The lowest BCUT2D eigenvalue weighted by Crippen LogP contribution is -2.42. The topological polar surface area (TPSA) is 144 Å². The lowest BCUT2D eigenvalue weighted by Gasteiger charge is -2.20. The normalized spacial score (nSPS) is 16.0. The molecule has 9 heteroatoms. The number of nitro groups is 2. The van der Waals surface area contributed by atoms with Crippen LogP contribution in [-0.4, -0.2) is 50.6 Å². The molecular weight excluding hydrogens is 380 g/mol. The van der Waals surface area contributed by atoms with Crippen molar-refractivity contribution in [3.8, 4) is 0 Å². The Labute approximate surface area is 171 Å². The molecule has 0 heterocycles. The number of aliphatic hydroxyl groups is 2. The molecule has 0 aromatic rings. The lowest BCUT2D eigenvalue weighted by molar-refractivity contribution is -0.554.